The van der Waals surface area contributed by atoms with Crippen LogP contribution in [0.4, 0.5) is 5.69 Å². The smallest absolute Gasteiger partial charge is 0.264 e. The summed E-state index contributed by atoms with van der Waals surface area (Å²) < 4.78 is 33.7. The zero-order valence-electron chi connectivity index (χ0n) is 20.9. The van der Waals surface area contributed by atoms with Crippen molar-refractivity contribution in [1.29, 1.82) is 0 Å². The number of halogens is 1. The van der Waals surface area contributed by atoms with Gasteiger partial charge < -0.3 is 15.0 Å². The summed E-state index contributed by atoms with van der Waals surface area (Å²) in [5.41, 5.74) is 1.04. The van der Waals surface area contributed by atoms with Crippen LogP contribution in [0.3, 0.4) is 0 Å². The van der Waals surface area contributed by atoms with Crippen molar-refractivity contribution in [1.82, 2.24) is 10.2 Å². The maximum Gasteiger partial charge on any atom is 0.264 e. The van der Waals surface area contributed by atoms with Gasteiger partial charge in [0.25, 0.3) is 10.0 Å². The third kappa shape index (κ3) is 6.81. The van der Waals surface area contributed by atoms with Gasteiger partial charge in [-0.25, -0.2) is 8.42 Å². The molecular weight excluding hydrogens is 514 g/mol. The van der Waals surface area contributed by atoms with Crippen molar-refractivity contribution in [3.8, 4) is 5.75 Å². The summed E-state index contributed by atoms with van der Waals surface area (Å²) in [7, 11) is -1.20. The van der Waals surface area contributed by atoms with Crippen LogP contribution in [0.2, 0.25) is 5.02 Å². The van der Waals surface area contributed by atoms with Crippen molar-refractivity contribution in [2.45, 2.75) is 30.8 Å². The van der Waals surface area contributed by atoms with E-state index in [0.717, 1.165) is 9.87 Å². The standard InChI is InChI=1S/C27H30ClN3O5S/c1-4-25(27(33)29-2)30(18-20-9-6-5-7-10-20)26(32)19-31(22-12-8-11-21(28)17-22)37(34,35)24-15-13-23(36-3)14-16-24/h5-17,25H,4,18-19H2,1-3H3,(H,29,33)/t25-/m0/s1. The lowest BCUT2D eigenvalue weighted by molar-refractivity contribution is -0.140. The van der Waals surface area contributed by atoms with Crippen LogP contribution in [0.15, 0.2) is 83.8 Å². The average Bonchev–Trinajstić information content (AvgIpc) is 2.91. The predicted molar refractivity (Wildman–Crippen MR) is 144 cm³/mol. The summed E-state index contributed by atoms with van der Waals surface area (Å²) in [5.74, 6) is -0.370. The molecule has 0 aliphatic heterocycles. The predicted octanol–water partition coefficient (Wildman–Crippen LogP) is 4.10. The summed E-state index contributed by atoms with van der Waals surface area (Å²) in [5, 5.41) is 2.92. The number of hydrogen-bond donors (Lipinski definition) is 1. The summed E-state index contributed by atoms with van der Waals surface area (Å²) in [4.78, 5) is 27.9. The second-order valence-electron chi connectivity index (χ2n) is 8.21. The molecule has 37 heavy (non-hydrogen) atoms. The number of nitrogens with zero attached hydrogens (tertiary/aromatic N) is 2. The molecule has 0 aliphatic carbocycles. The Labute approximate surface area is 222 Å². The quantitative estimate of drug-likeness (QED) is 0.393. The second kappa shape index (κ2) is 12.6. The molecule has 8 nitrogen and oxygen atoms in total. The van der Waals surface area contributed by atoms with Gasteiger partial charge in [0.1, 0.15) is 18.3 Å². The van der Waals surface area contributed by atoms with E-state index < -0.39 is 28.5 Å². The van der Waals surface area contributed by atoms with Crippen LogP contribution in [0.1, 0.15) is 18.9 Å². The number of hydrogen-bond acceptors (Lipinski definition) is 5. The highest BCUT2D eigenvalue weighted by Crippen LogP contribution is 2.28. The lowest BCUT2D eigenvalue weighted by Crippen LogP contribution is -2.51. The van der Waals surface area contributed by atoms with E-state index >= 15 is 0 Å². The minimum atomic E-state index is -4.18. The zero-order chi connectivity index (χ0) is 27.0. The molecule has 0 aliphatic rings. The SMILES string of the molecule is CC[C@@H](C(=O)NC)N(Cc1ccccc1)C(=O)CN(c1cccc(Cl)c1)S(=O)(=O)c1ccc(OC)cc1. The molecule has 1 atom stereocenters. The molecule has 0 radical (unpaired) electrons. The van der Waals surface area contributed by atoms with Crippen LogP contribution in [-0.4, -0.2) is 51.9 Å². The molecule has 3 aromatic rings. The van der Waals surface area contributed by atoms with Crippen molar-refractivity contribution >= 4 is 39.1 Å². The topological polar surface area (TPSA) is 96.0 Å². The lowest BCUT2D eigenvalue weighted by Gasteiger charge is -2.33. The van der Waals surface area contributed by atoms with Gasteiger partial charge in [0, 0.05) is 18.6 Å². The number of benzene rings is 3. The van der Waals surface area contributed by atoms with Gasteiger partial charge in [-0.05, 0) is 54.4 Å². The summed E-state index contributed by atoms with van der Waals surface area (Å²) in [6.45, 7) is 1.40. The Bertz CT molecular complexity index is 1320. The number of amides is 2. The molecule has 0 saturated heterocycles. The third-order valence-corrected chi connectivity index (χ3v) is 7.87. The molecule has 1 N–H and O–H groups in total. The van der Waals surface area contributed by atoms with Crippen molar-refractivity contribution < 1.29 is 22.7 Å². The van der Waals surface area contributed by atoms with E-state index in [0.29, 0.717) is 17.2 Å². The fourth-order valence-electron chi connectivity index (χ4n) is 3.90. The number of likely N-dealkylation sites (N-methyl/N-ethyl adjacent to an activating group) is 1. The van der Waals surface area contributed by atoms with Crippen molar-refractivity contribution in [2.24, 2.45) is 0 Å². The first kappa shape index (κ1) is 28.0. The van der Waals surface area contributed by atoms with E-state index in [9.17, 15) is 18.0 Å². The molecule has 196 valence electrons. The third-order valence-electron chi connectivity index (χ3n) is 5.85. The van der Waals surface area contributed by atoms with E-state index in [1.54, 1.807) is 25.1 Å². The molecule has 3 rings (SSSR count). The Morgan fingerprint density at radius 3 is 2.24 bits per heavy atom. The monoisotopic (exact) mass is 543 g/mol. The van der Waals surface area contributed by atoms with E-state index in [-0.39, 0.29) is 23.0 Å². The number of nitrogens with one attached hydrogen (secondary N) is 1. The van der Waals surface area contributed by atoms with Crippen LogP contribution < -0.4 is 14.4 Å². The summed E-state index contributed by atoms with van der Waals surface area (Å²) in [6, 6.07) is 20.6. The summed E-state index contributed by atoms with van der Waals surface area (Å²) >= 11 is 6.18. The maximum atomic E-state index is 13.8. The van der Waals surface area contributed by atoms with Crippen molar-refractivity contribution in [3.63, 3.8) is 0 Å². The second-order valence-corrected chi connectivity index (χ2v) is 10.5. The average molecular weight is 544 g/mol. The molecule has 0 heterocycles. The van der Waals surface area contributed by atoms with Gasteiger partial charge in [-0.1, -0.05) is 54.9 Å². The largest absolute Gasteiger partial charge is 0.497 e. The zero-order valence-corrected chi connectivity index (χ0v) is 22.5. The highest BCUT2D eigenvalue weighted by Gasteiger charge is 2.33. The van der Waals surface area contributed by atoms with E-state index in [1.165, 1.54) is 49.4 Å². The van der Waals surface area contributed by atoms with Gasteiger partial charge in [-0.3, -0.25) is 13.9 Å². The van der Waals surface area contributed by atoms with Gasteiger partial charge in [0.2, 0.25) is 11.8 Å². The number of methoxy groups -OCH3 is 1. The maximum absolute atomic E-state index is 13.8. The van der Waals surface area contributed by atoms with Crippen LogP contribution in [0.5, 0.6) is 5.75 Å². The number of carbonyl (C=O) groups excluding carboxylic acids is 2. The van der Waals surface area contributed by atoms with Gasteiger partial charge in [0.05, 0.1) is 17.7 Å². The number of anilines is 1. The normalized spacial score (nSPS) is 11.9. The number of rotatable bonds is 11. The molecule has 0 bridgehead atoms. The first-order chi connectivity index (χ1) is 17.7. The molecule has 0 unspecified atom stereocenters. The molecule has 0 spiro atoms. The molecule has 0 saturated carbocycles. The lowest BCUT2D eigenvalue weighted by atomic mass is 10.1. The Morgan fingerprint density at radius 1 is 1.00 bits per heavy atom. The van der Waals surface area contributed by atoms with Crippen molar-refractivity contribution in [3.05, 3.63) is 89.4 Å². The molecular formula is C27H30ClN3O5S. The minimum Gasteiger partial charge on any atom is -0.497 e. The van der Waals surface area contributed by atoms with Gasteiger partial charge >= 0.3 is 0 Å². The molecule has 10 heteroatoms. The Balaban J connectivity index is 2.05. The van der Waals surface area contributed by atoms with Gasteiger partial charge in [0.15, 0.2) is 0 Å². The fraction of sp³-hybridized carbons (Fsp3) is 0.259. The Hall–Kier alpha value is -3.56. The van der Waals surface area contributed by atoms with E-state index in [2.05, 4.69) is 5.32 Å². The molecule has 3 aromatic carbocycles. The fourth-order valence-corrected chi connectivity index (χ4v) is 5.49. The Kier molecular flexibility index (Phi) is 9.54. The van der Waals surface area contributed by atoms with E-state index in [4.69, 9.17) is 16.3 Å². The van der Waals surface area contributed by atoms with Gasteiger partial charge in [-0.15, -0.1) is 0 Å². The molecule has 0 aromatic heterocycles. The highest BCUT2D eigenvalue weighted by molar-refractivity contribution is 7.92. The molecule has 2 amide bonds. The van der Waals surface area contributed by atoms with E-state index in [1.807, 2.05) is 30.3 Å². The summed E-state index contributed by atoms with van der Waals surface area (Å²) in [6.07, 6.45) is 0.348. The van der Waals surface area contributed by atoms with Crippen molar-refractivity contribution in [2.75, 3.05) is 25.0 Å². The van der Waals surface area contributed by atoms with Gasteiger partial charge in [-0.2, -0.15) is 0 Å². The molecule has 0 fully saturated rings. The minimum absolute atomic E-state index is 0.0194. The first-order valence-electron chi connectivity index (χ1n) is 11.7. The van der Waals surface area contributed by atoms with Crippen LogP contribution in [0, 0.1) is 0 Å². The number of ether oxygens (including phenoxy) is 1. The first-order valence-corrected chi connectivity index (χ1v) is 13.5. The van der Waals surface area contributed by atoms with Crippen LogP contribution in [-0.2, 0) is 26.2 Å². The van der Waals surface area contributed by atoms with Crippen LogP contribution >= 0.6 is 11.6 Å². The van der Waals surface area contributed by atoms with Crippen LogP contribution in [0.25, 0.3) is 0 Å². The Morgan fingerprint density at radius 2 is 1.68 bits per heavy atom. The number of carbonyl (C=O) groups is 2. The number of sulfonamides is 1. The highest BCUT2D eigenvalue weighted by atomic mass is 35.5.